The number of carbonyl (C=O) groups excluding carboxylic acids is 1. The van der Waals surface area contributed by atoms with E-state index in [1.54, 1.807) is 0 Å². The van der Waals surface area contributed by atoms with E-state index in [2.05, 4.69) is 56.5 Å². The van der Waals surface area contributed by atoms with Crippen molar-refractivity contribution in [3.05, 3.63) is 47.9 Å². The van der Waals surface area contributed by atoms with Crippen LogP contribution in [0.4, 0.5) is 0 Å². The predicted octanol–water partition coefficient (Wildman–Crippen LogP) is 4.95. The summed E-state index contributed by atoms with van der Waals surface area (Å²) in [5, 5.41) is 6.40. The first-order valence-electron chi connectivity index (χ1n) is 10.3. The minimum Gasteiger partial charge on any atom is -0.474 e. The molecule has 0 bridgehead atoms. The lowest BCUT2D eigenvalue weighted by Crippen LogP contribution is -2.27. The van der Waals surface area contributed by atoms with Gasteiger partial charge in [0.25, 0.3) is 0 Å². The molecule has 0 atom stereocenters. The fourth-order valence-corrected chi connectivity index (χ4v) is 2.63. The zero-order chi connectivity index (χ0) is 20.0. The second-order valence-corrected chi connectivity index (χ2v) is 7.89. The van der Waals surface area contributed by atoms with Gasteiger partial charge >= 0.3 is 0 Å². The minimum atomic E-state index is -0.190. The molecule has 0 radical (unpaired) electrons. The van der Waals surface area contributed by atoms with Gasteiger partial charge in [-0.15, -0.1) is 0 Å². The quantitative estimate of drug-likeness (QED) is 0.379. The van der Waals surface area contributed by atoms with Gasteiger partial charge in [-0.2, -0.15) is 0 Å². The average Bonchev–Trinajstić information content (AvgIpc) is 2.62. The third kappa shape index (κ3) is 12.9. The van der Waals surface area contributed by atoms with Crippen LogP contribution in [0.2, 0.25) is 0 Å². The van der Waals surface area contributed by atoms with Crippen molar-refractivity contribution < 1.29 is 9.53 Å². The van der Waals surface area contributed by atoms with Crippen LogP contribution >= 0.6 is 0 Å². The van der Waals surface area contributed by atoms with Crippen LogP contribution in [0.15, 0.2) is 42.3 Å². The van der Waals surface area contributed by atoms with Crippen molar-refractivity contribution >= 4 is 5.91 Å². The molecule has 152 valence electrons. The van der Waals surface area contributed by atoms with Crippen LogP contribution in [0.25, 0.3) is 0 Å². The highest BCUT2D eigenvalue weighted by atomic mass is 16.5. The SMILES string of the molecule is CCC/C=C(/NCCCCCC(=O)NCCc1ccccc1)OC(C)(C)C. The lowest BCUT2D eigenvalue weighted by molar-refractivity contribution is -0.121. The Kier molecular flexibility index (Phi) is 11.3. The molecular weight excluding hydrogens is 336 g/mol. The molecule has 1 amide bonds. The third-order valence-electron chi connectivity index (χ3n) is 3.99. The van der Waals surface area contributed by atoms with Crippen LogP contribution in [-0.4, -0.2) is 24.6 Å². The van der Waals surface area contributed by atoms with Gasteiger partial charge < -0.3 is 15.4 Å². The van der Waals surface area contributed by atoms with Crippen molar-refractivity contribution in [2.45, 2.75) is 78.2 Å². The normalized spacial score (nSPS) is 11.9. The van der Waals surface area contributed by atoms with Gasteiger partial charge in [0.2, 0.25) is 5.91 Å². The summed E-state index contributed by atoms with van der Waals surface area (Å²) >= 11 is 0. The summed E-state index contributed by atoms with van der Waals surface area (Å²) in [7, 11) is 0. The van der Waals surface area contributed by atoms with E-state index in [1.165, 1.54) is 5.56 Å². The maximum atomic E-state index is 11.9. The van der Waals surface area contributed by atoms with E-state index in [0.29, 0.717) is 13.0 Å². The van der Waals surface area contributed by atoms with Crippen LogP contribution in [0, 0.1) is 0 Å². The van der Waals surface area contributed by atoms with Crippen LogP contribution in [0.3, 0.4) is 0 Å². The maximum Gasteiger partial charge on any atom is 0.220 e. The number of carbonyl (C=O) groups is 1. The molecular formula is C23H38N2O2. The summed E-state index contributed by atoms with van der Waals surface area (Å²) in [6, 6.07) is 10.2. The summed E-state index contributed by atoms with van der Waals surface area (Å²) in [4.78, 5) is 11.9. The van der Waals surface area contributed by atoms with Crippen LogP contribution < -0.4 is 10.6 Å². The Morgan fingerprint density at radius 2 is 1.78 bits per heavy atom. The van der Waals surface area contributed by atoms with Gasteiger partial charge in [-0.1, -0.05) is 50.1 Å². The number of benzene rings is 1. The maximum absolute atomic E-state index is 11.9. The Labute approximate surface area is 165 Å². The number of allylic oxidation sites excluding steroid dienone is 1. The molecule has 0 saturated carbocycles. The van der Waals surface area contributed by atoms with E-state index in [4.69, 9.17) is 4.74 Å². The summed E-state index contributed by atoms with van der Waals surface area (Å²) < 4.78 is 5.95. The summed E-state index contributed by atoms with van der Waals surface area (Å²) in [5.41, 5.74) is 1.07. The molecule has 27 heavy (non-hydrogen) atoms. The van der Waals surface area contributed by atoms with Gasteiger partial charge in [-0.3, -0.25) is 4.79 Å². The molecule has 0 aromatic heterocycles. The highest BCUT2D eigenvalue weighted by molar-refractivity contribution is 5.75. The Hall–Kier alpha value is -1.97. The predicted molar refractivity (Wildman–Crippen MR) is 113 cm³/mol. The summed E-state index contributed by atoms with van der Waals surface area (Å²) in [6.07, 6.45) is 8.74. The van der Waals surface area contributed by atoms with Crippen molar-refractivity contribution in [2.75, 3.05) is 13.1 Å². The van der Waals surface area contributed by atoms with Crippen LogP contribution in [0.5, 0.6) is 0 Å². The van der Waals surface area contributed by atoms with E-state index < -0.39 is 0 Å². The van der Waals surface area contributed by atoms with E-state index in [0.717, 1.165) is 51.0 Å². The first-order chi connectivity index (χ1) is 12.9. The lowest BCUT2D eigenvalue weighted by atomic mass is 10.1. The topological polar surface area (TPSA) is 50.4 Å². The molecule has 4 nitrogen and oxygen atoms in total. The molecule has 0 saturated heterocycles. The van der Waals surface area contributed by atoms with Gasteiger partial charge in [0.15, 0.2) is 5.88 Å². The molecule has 0 heterocycles. The summed E-state index contributed by atoms with van der Waals surface area (Å²) in [5.74, 6) is 1.03. The van der Waals surface area contributed by atoms with Crippen molar-refractivity contribution in [1.82, 2.24) is 10.6 Å². The van der Waals surface area contributed by atoms with E-state index in [-0.39, 0.29) is 11.5 Å². The van der Waals surface area contributed by atoms with Crippen LogP contribution in [0.1, 0.15) is 71.8 Å². The Balaban J connectivity index is 2.10. The molecule has 2 N–H and O–H groups in total. The van der Waals surface area contributed by atoms with E-state index in [1.807, 2.05) is 18.2 Å². The molecule has 0 unspecified atom stereocenters. The second kappa shape index (κ2) is 13.2. The standard InChI is InChI=1S/C23H38N2O2/c1-5-6-16-22(27-23(2,3)4)25-18-12-8-11-15-21(26)24-19-17-20-13-9-7-10-14-20/h7,9-10,13-14,16,25H,5-6,8,11-12,15,17-19H2,1-4H3,(H,24,26)/b22-16-. The smallest absolute Gasteiger partial charge is 0.220 e. The fraction of sp³-hybridized carbons (Fsp3) is 0.609. The molecule has 1 rings (SSSR count). The number of hydrogen-bond acceptors (Lipinski definition) is 3. The van der Waals surface area contributed by atoms with Gasteiger partial charge in [0.05, 0.1) is 0 Å². The highest BCUT2D eigenvalue weighted by Crippen LogP contribution is 2.13. The third-order valence-corrected chi connectivity index (χ3v) is 3.99. The molecule has 0 fully saturated rings. The first kappa shape index (κ1) is 23.1. The van der Waals surface area contributed by atoms with Crippen LogP contribution in [-0.2, 0) is 16.0 Å². The van der Waals surface area contributed by atoms with Crippen molar-refractivity contribution in [2.24, 2.45) is 0 Å². The number of hydrogen-bond donors (Lipinski definition) is 2. The number of rotatable bonds is 13. The van der Waals surface area contributed by atoms with Crippen molar-refractivity contribution in [1.29, 1.82) is 0 Å². The molecule has 0 aliphatic rings. The molecule has 0 spiro atoms. The van der Waals surface area contributed by atoms with E-state index in [9.17, 15) is 4.79 Å². The molecule has 1 aromatic rings. The van der Waals surface area contributed by atoms with Crippen molar-refractivity contribution in [3.63, 3.8) is 0 Å². The minimum absolute atomic E-state index is 0.151. The molecule has 0 aliphatic carbocycles. The molecule has 0 aliphatic heterocycles. The zero-order valence-corrected chi connectivity index (χ0v) is 17.6. The number of ether oxygens (including phenoxy) is 1. The Bertz CT molecular complexity index is 547. The monoisotopic (exact) mass is 374 g/mol. The summed E-state index contributed by atoms with van der Waals surface area (Å²) in [6.45, 7) is 9.93. The highest BCUT2D eigenvalue weighted by Gasteiger charge is 2.13. The fourth-order valence-electron chi connectivity index (χ4n) is 2.63. The Morgan fingerprint density at radius 1 is 1.04 bits per heavy atom. The number of unbranched alkanes of at least 4 members (excludes halogenated alkanes) is 3. The van der Waals surface area contributed by atoms with Gasteiger partial charge in [0.1, 0.15) is 5.60 Å². The molecule has 4 heteroatoms. The van der Waals surface area contributed by atoms with E-state index >= 15 is 0 Å². The first-order valence-corrected chi connectivity index (χ1v) is 10.3. The second-order valence-electron chi connectivity index (χ2n) is 7.89. The molecule has 1 aromatic carbocycles. The zero-order valence-electron chi connectivity index (χ0n) is 17.6. The lowest BCUT2D eigenvalue weighted by Gasteiger charge is -2.24. The van der Waals surface area contributed by atoms with Gasteiger partial charge in [-0.25, -0.2) is 0 Å². The largest absolute Gasteiger partial charge is 0.474 e. The Morgan fingerprint density at radius 3 is 2.44 bits per heavy atom. The average molecular weight is 375 g/mol. The van der Waals surface area contributed by atoms with Gasteiger partial charge in [0, 0.05) is 19.5 Å². The van der Waals surface area contributed by atoms with Gasteiger partial charge in [-0.05, 0) is 58.1 Å². The number of nitrogens with one attached hydrogen (secondary N) is 2. The number of amides is 1. The van der Waals surface area contributed by atoms with Crippen molar-refractivity contribution in [3.8, 4) is 0 Å².